The predicted octanol–water partition coefficient (Wildman–Crippen LogP) is 5.35. The zero-order chi connectivity index (χ0) is 21.2. The molecule has 0 aliphatic heterocycles. The second-order valence-corrected chi connectivity index (χ2v) is 8.98. The maximum Gasteiger partial charge on any atom is 0.302 e. The number of ether oxygens (including phenoxy) is 1. The average molecular weight is 454 g/mol. The SMILES string of the molecule is CCn1c(C(C)NS(=O)(=O)c2c(Cl)cccc2Cl)cnc1Oc1ccc(C)cc1. The summed E-state index contributed by atoms with van der Waals surface area (Å²) in [6.45, 7) is 6.20. The Hall–Kier alpha value is -2.06. The van der Waals surface area contributed by atoms with Crippen molar-refractivity contribution in [3.63, 3.8) is 0 Å². The third-order valence-electron chi connectivity index (χ3n) is 4.36. The van der Waals surface area contributed by atoms with Crippen LogP contribution >= 0.6 is 23.2 Å². The van der Waals surface area contributed by atoms with Crippen LogP contribution in [-0.2, 0) is 16.6 Å². The topological polar surface area (TPSA) is 73.2 Å². The van der Waals surface area contributed by atoms with E-state index < -0.39 is 16.1 Å². The van der Waals surface area contributed by atoms with E-state index in [0.717, 1.165) is 5.56 Å². The summed E-state index contributed by atoms with van der Waals surface area (Å²) in [7, 11) is -3.94. The maximum absolute atomic E-state index is 12.8. The summed E-state index contributed by atoms with van der Waals surface area (Å²) in [4.78, 5) is 4.17. The highest BCUT2D eigenvalue weighted by Crippen LogP contribution is 2.31. The number of nitrogens with one attached hydrogen (secondary N) is 1. The fourth-order valence-corrected chi connectivity index (χ4v) is 5.28. The van der Waals surface area contributed by atoms with Gasteiger partial charge in [-0.2, -0.15) is 0 Å². The number of aryl methyl sites for hydroxylation is 1. The van der Waals surface area contributed by atoms with Crippen molar-refractivity contribution in [3.8, 4) is 11.8 Å². The molecule has 1 N–H and O–H groups in total. The highest BCUT2D eigenvalue weighted by atomic mass is 35.5. The third kappa shape index (κ3) is 4.75. The van der Waals surface area contributed by atoms with Crippen molar-refractivity contribution in [1.82, 2.24) is 14.3 Å². The Morgan fingerprint density at radius 1 is 1.14 bits per heavy atom. The Morgan fingerprint density at radius 3 is 2.34 bits per heavy atom. The van der Waals surface area contributed by atoms with E-state index in [0.29, 0.717) is 24.0 Å². The van der Waals surface area contributed by atoms with Crippen LogP contribution in [0.4, 0.5) is 0 Å². The molecule has 0 radical (unpaired) electrons. The third-order valence-corrected chi connectivity index (χ3v) is 6.85. The van der Waals surface area contributed by atoms with Crippen molar-refractivity contribution >= 4 is 33.2 Å². The molecule has 2 aromatic carbocycles. The minimum Gasteiger partial charge on any atom is -0.426 e. The van der Waals surface area contributed by atoms with E-state index in [9.17, 15) is 8.42 Å². The van der Waals surface area contributed by atoms with E-state index in [1.807, 2.05) is 38.1 Å². The van der Waals surface area contributed by atoms with Crippen LogP contribution in [0.5, 0.6) is 11.8 Å². The van der Waals surface area contributed by atoms with Crippen molar-refractivity contribution in [2.75, 3.05) is 0 Å². The van der Waals surface area contributed by atoms with Gasteiger partial charge >= 0.3 is 6.01 Å². The molecule has 0 spiro atoms. The highest BCUT2D eigenvalue weighted by molar-refractivity contribution is 7.89. The zero-order valence-electron chi connectivity index (χ0n) is 16.2. The summed E-state index contributed by atoms with van der Waals surface area (Å²) in [6, 6.07) is 12.0. The second kappa shape index (κ2) is 8.75. The molecule has 1 aromatic heterocycles. The Bertz CT molecular complexity index is 1090. The van der Waals surface area contributed by atoms with Gasteiger partial charge in [0.1, 0.15) is 10.6 Å². The quantitative estimate of drug-likeness (QED) is 0.522. The van der Waals surface area contributed by atoms with Crippen LogP contribution < -0.4 is 9.46 Å². The smallest absolute Gasteiger partial charge is 0.302 e. The molecule has 9 heteroatoms. The molecule has 1 unspecified atom stereocenters. The number of benzene rings is 2. The second-order valence-electron chi connectivity index (χ2n) is 6.52. The van der Waals surface area contributed by atoms with Gasteiger partial charge in [-0.05, 0) is 45.0 Å². The van der Waals surface area contributed by atoms with Crippen LogP contribution in [0.2, 0.25) is 10.0 Å². The van der Waals surface area contributed by atoms with Crippen molar-refractivity contribution < 1.29 is 13.2 Å². The number of halogens is 2. The largest absolute Gasteiger partial charge is 0.426 e. The van der Waals surface area contributed by atoms with Gasteiger partial charge in [-0.1, -0.05) is 47.0 Å². The molecule has 3 aromatic rings. The Kier molecular flexibility index (Phi) is 6.53. The van der Waals surface area contributed by atoms with Crippen LogP contribution in [0.15, 0.2) is 53.6 Å². The Morgan fingerprint density at radius 2 is 1.76 bits per heavy atom. The molecule has 0 aliphatic carbocycles. The fraction of sp³-hybridized carbons (Fsp3) is 0.250. The lowest BCUT2D eigenvalue weighted by molar-refractivity contribution is 0.408. The van der Waals surface area contributed by atoms with Gasteiger partial charge in [0.05, 0.1) is 28.0 Å². The molecule has 1 heterocycles. The molecule has 0 saturated heterocycles. The van der Waals surface area contributed by atoms with Gasteiger partial charge in [0.25, 0.3) is 0 Å². The standard InChI is InChI=1S/C20H21Cl2N3O3S/c1-4-25-18(12-23-20(25)28-15-10-8-13(2)9-11-15)14(3)24-29(26,27)19-16(21)6-5-7-17(19)22/h5-12,14,24H,4H2,1-3H3. The van der Waals surface area contributed by atoms with Crippen molar-refractivity contribution in [2.24, 2.45) is 0 Å². The lowest BCUT2D eigenvalue weighted by atomic mass is 10.2. The molecular weight excluding hydrogens is 433 g/mol. The molecule has 0 bridgehead atoms. The predicted molar refractivity (Wildman–Crippen MR) is 114 cm³/mol. The van der Waals surface area contributed by atoms with Gasteiger partial charge in [-0.25, -0.2) is 18.1 Å². The van der Waals surface area contributed by atoms with E-state index in [2.05, 4.69) is 9.71 Å². The molecule has 3 rings (SSSR count). The number of nitrogens with zero attached hydrogens (tertiary/aromatic N) is 2. The van der Waals surface area contributed by atoms with Gasteiger partial charge in [0.15, 0.2) is 0 Å². The lowest BCUT2D eigenvalue weighted by Crippen LogP contribution is -2.28. The van der Waals surface area contributed by atoms with Crippen molar-refractivity contribution in [3.05, 3.63) is 70.0 Å². The molecule has 154 valence electrons. The summed E-state index contributed by atoms with van der Waals surface area (Å²) < 4.78 is 36.0. The maximum atomic E-state index is 12.8. The first-order valence-electron chi connectivity index (χ1n) is 8.99. The van der Waals surface area contributed by atoms with Gasteiger partial charge in [0, 0.05) is 6.54 Å². The number of hydrogen-bond donors (Lipinski definition) is 1. The molecule has 0 saturated carbocycles. The average Bonchev–Trinajstić information content (AvgIpc) is 3.05. The molecule has 0 aliphatic rings. The van der Waals surface area contributed by atoms with Gasteiger partial charge < -0.3 is 4.74 Å². The zero-order valence-corrected chi connectivity index (χ0v) is 18.5. The molecule has 0 amide bonds. The normalized spacial score (nSPS) is 12.7. The minimum atomic E-state index is -3.94. The first kappa shape index (κ1) is 21.6. The molecule has 6 nitrogen and oxygen atoms in total. The van der Waals surface area contributed by atoms with E-state index in [1.165, 1.54) is 12.1 Å². The van der Waals surface area contributed by atoms with Crippen LogP contribution in [0.1, 0.15) is 31.1 Å². The summed E-state index contributed by atoms with van der Waals surface area (Å²) in [5.41, 5.74) is 1.78. The number of hydrogen-bond acceptors (Lipinski definition) is 4. The van der Waals surface area contributed by atoms with Gasteiger partial charge in [-0.15, -0.1) is 0 Å². The van der Waals surface area contributed by atoms with E-state index in [1.54, 1.807) is 23.8 Å². The monoisotopic (exact) mass is 453 g/mol. The van der Waals surface area contributed by atoms with Crippen LogP contribution in [0.25, 0.3) is 0 Å². The van der Waals surface area contributed by atoms with Crippen LogP contribution in [0, 0.1) is 6.92 Å². The first-order valence-corrected chi connectivity index (χ1v) is 11.2. The van der Waals surface area contributed by atoms with Crippen molar-refractivity contribution in [1.29, 1.82) is 0 Å². The van der Waals surface area contributed by atoms with E-state index >= 15 is 0 Å². The number of sulfonamides is 1. The Balaban J connectivity index is 1.87. The minimum absolute atomic E-state index is 0.0598. The fourth-order valence-electron chi connectivity index (χ4n) is 2.92. The summed E-state index contributed by atoms with van der Waals surface area (Å²) in [5.74, 6) is 0.651. The number of aromatic nitrogens is 2. The summed E-state index contributed by atoms with van der Waals surface area (Å²) >= 11 is 12.1. The van der Waals surface area contributed by atoms with Crippen LogP contribution in [-0.4, -0.2) is 18.0 Å². The lowest BCUT2D eigenvalue weighted by Gasteiger charge is -2.18. The van der Waals surface area contributed by atoms with E-state index in [4.69, 9.17) is 27.9 Å². The van der Waals surface area contributed by atoms with Gasteiger partial charge in [-0.3, -0.25) is 4.57 Å². The van der Waals surface area contributed by atoms with Crippen LogP contribution in [0.3, 0.4) is 0 Å². The summed E-state index contributed by atoms with van der Waals surface area (Å²) in [6.07, 6.45) is 1.59. The number of rotatable bonds is 7. The van der Waals surface area contributed by atoms with Gasteiger partial charge in [0.2, 0.25) is 10.0 Å². The molecule has 0 fully saturated rings. The molecule has 1 atom stereocenters. The van der Waals surface area contributed by atoms with E-state index in [-0.39, 0.29) is 14.9 Å². The molecule has 29 heavy (non-hydrogen) atoms. The summed E-state index contributed by atoms with van der Waals surface area (Å²) in [5, 5.41) is 0.120. The Labute approximate surface area is 180 Å². The first-order chi connectivity index (χ1) is 13.7. The van der Waals surface area contributed by atoms with Crippen molar-refractivity contribution in [2.45, 2.75) is 38.3 Å². The highest BCUT2D eigenvalue weighted by Gasteiger charge is 2.26. The molecular formula is C20H21Cl2N3O3S. The number of imidazole rings is 1.